The highest BCUT2D eigenvalue weighted by Gasteiger charge is 2.25. The van der Waals surface area contributed by atoms with Gasteiger partial charge in [-0.2, -0.15) is 0 Å². The fourth-order valence-corrected chi connectivity index (χ4v) is 2.54. The van der Waals surface area contributed by atoms with Gasteiger partial charge < -0.3 is 15.1 Å². The Labute approximate surface area is 96.3 Å². The van der Waals surface area contributed by atoms with Gasteiger partial charge in [-0.25, -0.2) is 0 Å². The smallest absolute Gasteiger partial charge is 0.120 e. The summed E-state index contributed by atoms with van der Waals surface area (Å²) in [6.07, 6.45) is 2.97. The van der Waals surface area contributed by atoms with Crippen LogP contribution in [0.15, 0.2) is 18.2 Å². The van der Waals surface area contributed by atoms with E-state index >= 15 is 0 Å². The summed E-state index contributed by atoms with van der Waals surface area (Å²) in [6, 6.07) is 5.85. The average Bonchev–Trinajstić information content (AvgIpc) is 2.76. The molecule has 0 saturated carbocycles. The maximum Gasteiger partial charge on any atom is 0.120 e. The third-order valence-electron chi connectivity index (χ3n) is 3.38. The molecular weight excluding hydrogens is 202 g/mol. The number of benzene rings is 1. The summed E-state index contributed by atoms with van der Waals surface area (Å²) in [4.78, 5) is 2.22. The van der Waals surface area contributed by atoms with Crippen molar-refractivity contribution in [2.75, 3.05) is 18.1 Å². The van der Waals surface area contributed by atoms with Gasteiger partial charge in [-0.15, -0.1) is 0 Å². The Hall–Kier alpha value is -1.22. The van der Waals surface area contributed by atoms with Gasteiger partial charge in [0.2, 0.25) is 0 Å². The van der Waals surface area contributed by atoms with Crippen LogP contribution in [-0.4, -0.2) is 29.4 Å². The second-order valence-corrected chi connectivity index (χ2v) is 4.30. The summed E-state index contributed by atoms with van der Waals surface area (Å²) in [5, 5.41) is 19.1. The number of aromatic hydroxyl groups is 1. The minimum absolute atomic E-state index is 0.193. The van der Waals surface area contributed by atoms with Crippen molar-refractivity contribution >= 4 is 5.69 Å². The van der Waals surface area contributed by atoms with Crippen LogP contribution >= 0.6 is 0 Å². The van der Waals surface area contributed by atoms with Crippen molar-refractivity contribution in [2.45, 2.75) is 32.2 Å². The van der Waals surface area contributed by atoms with E-state index in [2.05, 4.69) is 4.90 Å². The standard InChI is InChI=1S/C13H19NO2/c1-2-11-12(6-3-7-13(11)16)14-8-4-5-10(14)9-15/h3,6-7,10,15-16H,2,4-5,8-9H2,1H3. The van der Waals surface area contributed by atoms with Crippen LogP contribution < -0.4 is 4.90 Å². The Kier molecular flexibility index (Phi) is 3.34. The van der Waals surface area contributed by atoms with Gasteiger partial charge in [-0.05, 0) is 31.4 Å². The predicted molar refractivity (Wildman–Crippen MR) is 64.9 cm³/mol. The number of rotatable bonds is 3. The third-order valence-corrected chi connectivity index (χ3v) is 3.38. The molecule has 1 aliphatic rings. The van der Waals surface area contributed by atoms with E-state index in [-0.39, 0.29) is 12.6 Å². The molecule has 3 heteroatoms. The molecular formula is C13H19NO2. The number of phenolic OH excluding ortho intramolecular Hbond substituents is 1. The summed E-state index contributed by atoms with van der Waals surface area (Å²) >= 11 is 0. The lowest BCUT2D eigenvalue weighted by Gasteiger charge is -2.27. The van der Waals surface area contributed by atoms with Gasteiger partial charge in [-0.3, -0.25) is 0 Å². The van der Waals surface area contributed by atoms with Crippen LogP contribution in [0.5, 0.6) is 5.75 Å². The molecule has 2 rings (SSSR count). The zero-order valence-corrected chi connectivity index (χ0v) is 9.69. The van der Waals surface area contributed by atoms with Crippen LogP contribution in [0.1, 0.15) is 25.3 Å². The highest BCUT2D eigenvalue weighted by atomic mass is 16.3. The molecule has 1 unspecified atom stereocenters. The summed E-state index contributed by atoms with van der Waals surface area (Å²) in [5.74, 6) is 0.364. The minimum Gasteiger partial charge on any atom is -0.508 e. The van der Waals surface area contributed by atoms with Crippen molar-refractivity contribution in [3.8, 4) is 5.75 Å². The third kappa shape index (κ3) is 1.87. The number of anilines is 1. The summed E-state index contributed by atoms with van der Waals surface area (Å²) in [5.41, 5.74) is 2.07. The number of nitrogens with zero attached hydrogens (tertiary/aromatic N) is 1. The molecule has 3 nitrogen and oxygen atoms in total. The Morgan fingerprint density at radius 3 is 2.94 bits per heavy atom. The highest BCUT2D eigenvalue weighted by Crippen LogP contribution is 2.33. The van der Waals surface area contributed by atoms with Crippen molar-refractivity contribution in [1.29, 1.82) is 0 Å². The molecule has 1 saturated heterocycles. The molecule has 0 amide bonds. The van der Waals surface area contributed by atoms with E-state index in [1.54, 1.807) is 6.07 Å². The molecule has 1 aliphatic heterocycles. The van der Waals surface area contributed by atoms with Crippen molar-refractivity contribution in [2.24, 2.45) is 0 Å². The summed E-state index contributed by atoms with van der Waals surface area (Å²) in [7, 11) is 0. The highest BCUT2D eigenvalue weighted by molar-refractivity contribution is 5.60. The van der Waals surface area contributed by atoms with Gasteiger partial charge in [0, 0.05) is 17.8 Å². The first-order valence-electron chi connectivity index (χ1n) is 5.96. The Bertz CT molecular complexity index is 365. The van der Waals surface area contributed by atoms with E-state index in [0.29, 0.717) is 5.75 Å². The number of hydrogen-bond acceptors (Lipinski definition) is 3. The maximum atomic E-state index is 9.82. The van der Waals surface area contributed by atoms with Crippen LogP contribution in [0.25, 0.3) is 0 Å². The van der Waals surface area contributed by atoms with Crippen LogP contribution in [0.4, 0.5) is 5.69 Å². The molecule has 1 heterocycles. The second-order valence-electron chi connectivity index (χ2n) is 4.30. The van der Waals surface area contributed by atoms with E-state index in [0.717, 1.165) is 37.1 Å². The quantitative estimate of drug-likeness (QED) is 0.819. The van der Waals surface area contributed by atoms with E-state index in [1.807, 2.05) is 19.1 Å². The zero-order chi connectivity index (χ0) is 11.5. The van der Waals surface area contributed by atoms with Gasteiger partial charge in [0.05, 0.1) is 12.6 Å². The molecule has 0 radical (unpaired) electrons. The lowest BCUT2D eigenvalue weighted by atomic mass is 10.1. The van der Waals surface area contributed by atoms with Crippen molar-refractivity contribution in [1.82, 2.24) is 0 Å². The molecule has 16 heavy (non-hydrogen) atoms. The molecule has 1 aromatic carbocycles. The molecule has 88 valence electrons. The van der Waals surface area contributed by atoms with Crippen molar-refractivity contribution < 1.29 is 10.2 Å². The molecule has 1 fully saturated rings. The first kappa shape index (κ1) is 11.3. The van der Waals surface area contributed by atoms with E-state index in [4.69, 9.17) is 0 Å². The maximum absolute atomic E-state index is 9.82. The zero-order valence-electron chi connectivity index (χ0n) is 9.69. The van der Waals surface area contributed by atoms with Gasteiger partial charge >= 0.3 is 0 Å². The molecule has 0 spiro atoms. The van der Waals surface area contributed by atoms with Crippen LogP contribution in [0, 0.1) is 0 Å². The fourth-order valence-electron chi connectivity index (χ4n) is 2.54. The Balaban J connectivity index is 2.35. The number of aliphatic hydroxyl groups is 1. The largest absolute Gasteiger partial charge is 0.508 e. The summed E-state index contributed by atoms with van der Waals surface area (Å²) in [6.45, 7) is 3.21. The first-order chi connectivity index (χ1) is 7.77. The second kappa shape index (κ2) is 4.74. The SMILES string of the molecule is CCc1c(O)cccc1N1CCCC1CO. The van der Waals surface area contributed by atoms with Crippen LogP contribution in [0.2, 0.25) is 0 Å². The number of hydrogen-bond donors (Lipinski definition) is 2. The van der Waals surface area contributed by atoms with E-state index in [9.17, 15) is 10.2 Å². The Morgan fingerprint density at radius 2 is 2.25 bits per heavy atom. The van der Waals surface area contributed by atoms with Gasteiger partial charge in [-0.1, -0.05) is 13.0 Å². The molecule has 2 N–H and O–H groups in total. The minimum atomic E-state index is 0.193. The molecule has 1 aromatic rings. The number of phenols is 1. The molecule has 0 aliphatic carbocycles. The molecule has 1 atom stereocenters. The lowest BCUT2D eigenvalue weighted by Crippen LogP contribution is -2.32. The van der Waals surface area contributed by atoms with Gasteiger partial charge in [0.15, 0.2) is 0 Å². The van der Waals surface area contributed by atoms with E-state index < -0.39 is 0 Å². The normalized spacial score (nSPS) is 20.4. The van der Waals surface area contributed by atoms with Gasteiger partial charge in [0.25, 0.3) is 0 Å². The monoisotopic (exact) mass is 221 g/mol. The van der Waals surface area contributed by atoms with Gasteiger partial charge in [0.1, 0.15) is 5.75 Å². The molecule has 0 aromatic heterocycles. The van der Waals surface area contributed by atoms with E-state index in [1.165, 1.54) is 0 Å². The van der Waals surface area contributed by atoms with Crippen LogP contribution in [-0.2, 0) is 6.42 Å². The fraction of sp³-hybridized carbons (Fsp3) is 0.538. The summed E-state index contributed by atoms with van der Waals surface area (Å²) < 4.78 is 0. The number of aliphatic hydroxyl groups excluding tert-OH is 1. The Morgan fingerprint density at radius 1 is 1.44 bits per heavy atom. The first-order valence-corrected chi connectivity index (χ1v) is 5.96. The molecule has 0 bridgehead atoms. The topological polar surface area (TPSA) is 43.7 Å². The lowest BCUT2D eigenvalue weighted by molar-refractivity contribution is 0.266. The predicted octanol–water partition coefficient (Wildman–Crippen LogP) is 1.92. The van der Waals surface area contributed by atoms with Crippen molar-refractivity contribution in [3.63, 3.8) is 0 Å². The van der Waals surface area contributed by atoms with Crippen molar-refractivity contribution in [3.05, 3.63) is 23.8 Å². The average molecular weight is 221 g/mol. The van der Waals surface area contributed by atoms with Crippen LogP contribution in [0.3, 0.4) is 0 Å².